The van der Waals surface area contributed by atoms with Crippen molar-refractivity contribution in [2.75, 3.05) is 11.9 Å². The van der Waals surface area contributed by atoms with Crippen molar-refractivity contribution in [3.8, 4) is 5.75 Å². The molecule has 0 aliphatic rings. The minimum absolute atomic E-state index is 0.0115. The second-order valence-corrected chi connectivity index (χ2v) is 5.92. The van der Waals surface area contributed by atoms with E-state index >= 15 is 0 Å². The van der Waals surface area contributed by atoms with Crippen molar-refractivity contribution in [1.82, 2.24) is 5.32 Å². The van der Waals surface area contributed by atoms with Crippen molar-refractivity contribution >= 4 is 17.5 Å². The molecule has 2 N–H and O–H groups in total. The van der Waals surface area contributed by atoms with Gasteiger partial charge in [0.2, 0.25) is 11.8 Å². The number of anilines is 1. The van der Waals surface area contributed by atoms with Crippen LogP contribution in [0.3, 0.4) is 0 Å². The summed E-state index contributed by atoms with van der Waals surface area (Å²) in [6.07, 6.45) is 0.726. The minimum atomic E-state index is -0.346. The molecule has 0 fully saturated rings. The quantitative estimate of drug-likeness (QED) is 0.726. The Balaban J connectivity index is 2.49. The lowest BCUT2D eigenvalue weighted by atomic mass is 10.1. The summed E-state index contributed by atoms with van der Waals surface area (Å²) in [4.78, 5) is 23.6. The van der Waals surface area contributed by atoms with E-state index in [2.05, 4.69) is 24.5 Å². The Kier molecular flexibility index (Phi) is 7.43. The van der Waals surface area contributed by atoms with Gasteiger partial charge in [0.15, 0.2) is 0 Å². The zero-order valence-electron chi connectivity index (χ0n) is 13.8. The Bertz CT molecular complexity index is 498. The van der Waals surface area contributed by atoms with Crippen LogP contribution < -0.4 is 15.4 Å². The van der Waals surface area contributed by atoms with Crippen molar-refractivity contribution in [3.05, 3.63) is 24.3 Å². The van der Waals surface area contributed by atoms with Crippen molar-refractivity contribution in [1.29, 1.82) is 0 Å². The summed E-state index contributed by atoms with van der Waals surface area (Å²) in [6.45, 7) is 8.60. The molecule has 1 rings (SSSR count). The van der Waals surface area contributed by atoms with Crippen molar-refractivity contribution < 1.29 is 14.3 Å². The molecule has 0 aliphatic carbocycles. The zero-order chi connectivity index (χ0) is 16.5. The number of hydrogen-bond donors (Lipinski definition) is 2. The molecular formula is C17H26N2O3. The molecule has 122 valence electrons. The lowest BCUT2D eigenvalue weighted by Gasteiger charge is -2.14. The molecule has 1 aromatic carbocycles. The molecular weight excluding hydrogens is 280 g/mol. The van der Waals surface area contributed by atoms with Crippen LogP contribution in [0.25, 0.3) is 0 Å². The van der Waals surface area contributed by atoms with E-state index in [-0.39, 0.29) is 24.3 Å². The maximum atomic E-state index is 11.9. The molecule has 0 aromatic heterocycles. The van der Waals surface area contributed by atoms with Crippen LogP contribution in [0.1, 0.15) is 40.5 Å². The van der Waals surface area contributed by atoms with Crippen LogP contribution in [0.4, 0.5) is 5.69 Å². The summed E-state index contributed by atoms with van der Waals surface area (Å²) in [5.41, 5.74) is 0.580. The summed E-state index contributed by atoms with van der Waals surface area (Å²) < 4.78 is 5.63. The molecule has 22 heavy (non-hydrogen) atoms. The largest absolute Gasteiger partial charge is 0.489 e. The standard InChI is InChI=1S/C17H26N2O3/c1-12(2)9-10-18-16(20)11-17(21)19-14-7-5-6-8-15(14)22-13(3)4/h5-8,12-13H,9-11H2,1-4H3,(H,18,20)(H,19,21). The molecule has 1 aromatic rings. The number of benzene rings is 1. The number of amides is 2. The molecule has 5 nitrogen and oxygen atoms in total. The fourth-order valence-electron chi connectivity index (χ4n) is 1.83. The first-order valence-electron chi connectivity index (χ1n) is 7.70. The number of rotatable bonds is 8. The Labute approximate surface area is 132 Å². The van der Waals surface area contributed by atoms with Gasteiger partial charge in [-0.2, -0.15) is 0 Å². The number of ether oxygens (including phenoxy) is 1. The van der Waals surface area contributed by atoms with Gasteiger partial charge in [-0.15, -0.1) is 0 Å². The van der Waals surface area contributed by atoms with E-state index in [1.54, 1.807) is 12.1 Å². The maximum Gasteiger partial charge on any atom is 0.233 e. The highest BCUT2D eigenvalue weighted by Gasteiger charge is 2.12. The average molecular weight is 306 g/mol. The molecule has 0 unspecified atom stereocenters. The lowest BCUT2D eigenvalue weighted by Crippen LogP contribution is -2.29. The van der Waals surface area contributed by atoms with Gasteiger partial charge in [-0.3, -0.25) is 9.59 Å². The highest BCUT2D eigenvalue weighted by molar-refractivity contribution is 6.04. The second-order valence-electron chi connectivity index (χ2n) is 5.92. The number of para-hydroxylation sites is 2. The third-order valence-corrected chi connectivity index (χ3v) is 2.89. The monoisotopic (exact) mass is 306 g/mol. The van der Waals surface area contributed by atoms with Gasteiger partial charge in [0.25, 0.3) is 0 Å². The van der Waals surface area contributed by atoms with Crippen LogP contribution in [-0.2, 0) is 9.59 Å². The van der Waals surface area contributed by atoms with Gasteiger partial charge in [-0.1, -0.05) is 26.0 Å². The van der Waals surface area contributed by atoms with Crippen LogP contribution in [0.15, 0.2) is 24.3 Å². The van der Waals surface area contributed by atoms with Crippen LogP contribution in [0, 0.1) is 5.92 Å². The molecule has 0 radical (unpaired) electrons. The molecule has 0 aliphatic heterocycles. The number of carbonyl (C=O) groups is 2. The lowest BCUT2D eigenvalue weighted by molar-refractivity contribution is -0.126. The number of hydrogen-bond acceptors (Lipinski definition) is 3. The summed E-state index contributed by atoms with van der Waals surface area (Å²) >= 11 is 0. The first-order chi connectivity index (χ1) is 10.4. The van der Waals surface area contributed by atoms with E-state index in [0.29, 0.717) is 23.9 Å². The van der Waals surface area contributed by atoms with E-state index in [9.17, 15) is 9.59 Å². The van der Waals surface area contributed by atoms with E-state index in [1.807, 2.05) is 26.0 Å². The third kappa shape index (κ3) is 7.11. The van der Waals surface area contributed by atoms with Gasteiger partial charge in [-0.25, -0.2) is 0 Å². The fourth-order valence-corrected chi connectivity index (χ4v) is 1.83. The predicted molar refractivity (Wildman–Crippen MR) is 87.9 cm³/mol. The zero-order valence-corrected chi connectivity index (χ0v) is 13.8. The third-order valence-electron chi connectivity index (χ3n) is 2.89. The molecule has 0 saturated carbocycles. The first kappa shape index (κ1) is 18.0. The minimum Gasteiger partial charge on any atom is -0.489 e. The van der Waals surface area contributed by atoms with Crippen LogP contribution >= 0.6 is 0 Å². The summed E-state index contributed by atoms with van der Waals surface area (Å²) in [6, 6.07) is 7.20. The molecule has 0 atom stereocenters. The molecule has 0 spiro atoms. The van der Waals surface area contributed by atoms with Gasteiger partial charge < -0.3 is 15.4 Å². The molecule has 0 heterocycles. The fraction of sp³-hybridized carbons (Fsp3) is 0.529. The highest BCUT2D eigenvalue weighted by atomic mass is 16.5. The van der Waals surface area contributed by atoms with Gasteiger partial charge >= 0.3 is 0 Å². The van der Waals surface area contributed by atoms with E-state index in [0.717, 1.165) is 6.42 Å². The molecule has 2 amide bonds. The predicted octanol–water partition coefficient (Wildman–Crippen LogP) is 2.96. The van der Waals surface area contributed by atoms with Gasteiger partial charge in [0.1, 0.15) is 12.2 Å². The Morgan fingerprint density at radius 3 is 2.41 bits per heavy atom. The van der Waals surface area contributed by atoms with Crippen LogP contribution in [0.2, 0.25) is 0 Å². The molecule has 0 saturated heterocycles. The maximum absolute atomic E-state index is 11.9. The number of carbonyl (C=O) groups excluding carboxylic acids is 2. The van der Waals surface area contributed by atoms with Crippen LogP contribution in [0.5, 0.6) is 5.75 Å². The smallest absolute Gasteiger partial charge is 0.233 e. The number of nitrogens with one attached hydrogen (secondary N) is 2. The summed E-state index contributed by atoms with van der Waals surface area (Å²) in [7, 11) is 0. The van der Waals surface area contributed by atoms with E-state index in [4.69, 9.17) is 4.74 Å². The van der Waals surface area contributed by atoms with Gasteiger partial charge in [0, 0.05) is 6.54 Å². The highest BCUT2D eigenvalue weighted by Crippen LogP contribution is 2.24. The van der Waals surface area contributed by atoms with E-state index in [1.165, 1.54) is 0 Å². The van der Waals surface area contributed by atoms with E-state index < -0.39 is 0 Å². The summed E-state index contributed by atoms with van der Waals surface area (Å²) in [5.74, 6) is 0.516. The first-order valence-corrected chi connectivity index (χ1v) is 7.70. The molecule has 0 bridgehead atoms. The second kappa shape index (κ2) is 9.07. The Morgan fingerprint density at radius 2 is 1.77 bits per heavy atom. The van der Waals surface area contributed by atoms with Crippen molar-refractivity contribution in [3.63, 3.8) is 0 Å². The van der Waals surface area contributed by atoms with Gasteiger partial charge in [0.05, 0.1) is 11.8 Å². The Hall–Kier alpha value is -2.04. The normalized spacial score (nSPS) is 10.6. The van der Waals surface area contributed by atoms with Gasteiger partial charge in [-0.05, 0) is 38.3 Å². The average Bonchev–Trinajstić information content (AvgIpc) is 2.39. The molecule has 5 heteroatoms. The SMILES string of the molecule is CC(C)CCNC(=O)CC(=O)Nc1ccccc1OC(C)C. The van der Waals surface area contributed by atoms with Crippen molar-refractivity contribution in [2.45, 2.75) is 46.6 Å². The topological polar surface area (TPSA) is 67.4 Å². The van der Waals surface area contributed by atoms with Crippen LogP contribution in [-0.4, -0.2) is 24.5 Å². The van der Waals surface area contributed by atoms with Crippen molar-refractivity contribution in [2.24, 2.45) is 5.92 Å². The summed E-state index contributed by atoms with van der Waals surface area (Å²) in [5, 5.41) is 5.47. The Morgan fingerprint density at radius 1 is 1.09 bits per heavy atom.